The molecule has 0 unspecified atom stereocenters. The van der Waals surface area contributed by atoms with Crippen molar-refractivity contribution in [3.05, 3.63) is 64.1 Å². The van der Waals surface area contributed by atoms with E-state index in [-0.39, 0.29) is 11.5 Å². The predicted molar refractivity (Wildman–Crippen MR) is 70.3 cm³/mol. The molecule has 0 fully saturated rings. The summed E-state index contributed by atoms with van der Waals surface area (Å²) >= 11 is 3.35. The van der Waals surface area contributed by atoms with Crippen LogP contribution in [0.1, 0.15) is 15.9 Å². The Hall–Kier alpha value is -1.61. The number of hydrogen-bond donors (Lipinski definition) is 1. The van der Waals surface area contributed by atoms with Gasteiger partial charge in [-0.15, -0.1) is 0 Å². The number of phenolic OH excluding ortho intramolecular Hbond substituents is 1. The number of aromatic hydroxyl groups is 1. The summed E-state index contributed by atoms with van der Waals surface area (Å²) in [5.41, 5.74) is 1.59. The van der Waals surface area contributed by atoms with Gasteiger partial charge in [0.25, 0.3) is 0 Å². The Morgan fingerprint density at radius 3 is 2.18 bits per heavy atom. The van der Waals surface area contributed by atoms with E-state index in [2.05, 4.69) is 15.9 Å². The minimum Gasteiger partial charge on any atom is -0.508 e. The smallest absolute Gasteiger partial charge is 0.167 e. The van der Waals surface area contributed by atoms with Gasteiger partial charge in [-0.2, -0.15) is 0 Å². The highest BCUT2D eigenvalue weighted by atomic mass is 79.9. The van der Waals surface area contributed by atoms with Crippen molar-refractivity contribution in [3.8, 4) is 5.75 Å². The molecule has 0 heterocycles. The number of benzene rings is 2. The Labute approximate surface area is 108 Å². The zero-order chi connectivity index (χ0) is 12.3. The van der Waals surface area contributed by atoms with Gasteiger partial charge in [0.1, 0.15) is 5.75 Å². The third-order valence-electron chi connectivity index (χ3n) is 2.47. The molecule has 0 aliphatic rings. The number of hydrogen-bond acceptors (Lipinski definition) is 2. The lowest BCUT2D eigenvalue weighted by Crippen LogP contribution is -2.02. The zero-order valence-electron chi connectivity index (χ0n) is 9.06. The average Bonchev–Trinajstić information content (AvgIpc) is 2.33. The monoisotopic (exact) mass is 290 g/mol. The summed E-state index contributed by atoms with van der Waals surface area (Å²) in [6, 6.07) is 14.0. The summed E-state index contributed by atoms with van der Waals surface area (Å²) < 4.78 is 0.998. The van der Waals surface area contributed by atoms with Gasteiger partial charge in [-0.3, -0.25) is 4.79 Å². The molecule has 3 heteroatoms. The van der Waals surface area contributed by atoms with E-state index < -0.39 is 0 Å². The number of ketones is 1. The SMILES string of the molecule is O=C(Cc1ccc(Br)cc1)c1ccc(O)cc1. The van der Waals surface area contributed by atoms with Gasteiger partial charge in [0.05, 0.1) is 0 Å². The van der Waals surface area contributed by atoms with E-state index in [1.165, 1.54) is 12.1 Å². The summed E-state index contributed by atoms with van der Waals surface area (Å²) in [5.74, 6) is 0.220. The molecule has 2 aromatic rings. The highest BCUT2D eigenvalue weighted by Crippen LogP contribution is 2.14. The molecule has 0 radical (unpaired) electrons. The molecule has 0 amide bonds. The van der Waals surface area contributed by atoms with Crippen molar-refractivity contribution >= 4 is 21.7 Å². The molecule has 0 aromatic heterocycles. The fraction of sp³-hybridized carbons (Fsp3) is 0.0714. The van der Waals surface area contributed by atoms with E-state index in [1.54, 1.807) is 12.1 Å². The van der Waals surface area contributed by atoms with Crippen LogP contribution >= 0.6 is 15.9 Å². The summed E-state index contributed by atoms with van der Waals surface area (Å²) in [6.07, 6.45) is 0.373. The lowest BCUT2D eigenvalue weighted by atomic mass is 10.0. The molecular formula is C14H11BrO2. The minimum atomic E-state index is 0.0484. The third kappa shape index (κ3) is 3.17. The second-order valence-corrected chi connectivity index (χ2v) is 4.69. The Kier molecular flexibility index (Phi) is 3.59. The van der Waals surface area contributed by atoms with Crippen LogP contribution in [0.2, 0.25) is 0 Å². The van der Waals surface area contributed by atoms with Crippen molar-refractivity contribution in [2.45, 2.75) is 6.42 Å². The van der Waals surface area contributed by atoms with Crippen LogP contribution in [0.4, 0.5) is 0 Å². The standard InChI is InChI=1S/C14H11BrO2/c15-12-5-1-10(2-6-12)9-14(17)11-3-7-13(16)8-4-11/h1-8,16H,9H2. The normalized spacial score (nSPS) is 10.2. The van der Waals surface area contributed by atoms with E-state index >= 15 is 0 Å². The molecule has 1 N–H and O–H groups in total. The summed E-state index contributed by atoms with van der Waals surface area (Å²) in [5, 5.41) is 9.14. The van der Waals surface area contributed by atoms with Crippen LogP contribution in [0.25, 0.3) is 0 Å². The van der Waals surface area contributed by atoms with E-state index in [0.29, 0.717) is 12.0 Å². The van der Waals surface area contributed by atoms with Gasteiger partial charge in [-0.1, -0.05) is 28.1 Å². The van der Waals surface area contributed by atoms with E-state index in [1.807, 2.05) is 24.3 Å². The van der Waals surface area contributed by atoms with Crippen molar-refractivity contribution in [1.82, 2.24) is 0 Å². The largest absolute Gasteiger partial charge is 0.508 e. The first-order valence-electron chi connectivity index (χ1n) is 5.22. The van der Waals surface area contributed by atoms with Gasteiger partial charge in [-0.25, -0.2) is 0 Å². The van der Waals surface area contributed by atoms with Crippen LogP contribution in [-0.2, 0) is 6.42 Å². The molecule has 0 atom stereocenters. The van der Waals surface area contributed by atoms with Gasteiger partial charge in [0.15, 0.2) is 5.78 Å². The average molecular weight is 291 g/mol. The Bertz CT molecular complexity index is 515. The summed E-state index contributed by atoms with van der Waals surface area (Å²) in [7, 11) is 0. The molecule has 0 bridgehead atoms. The first kappa shape index (κ1) is 11.9. The highest BCUT2D eigenvalue weighted by molar-refractivity contribution is 9.10. The highest BCUT2D eigenvalue weighted by Gasteiger charge is 2.06. The van der Waals surface area contributed by atoms with Crippen LogP contribution in [0.15, 0.2) is 53.0 Å². The molecule has 0 saturated heterocycles. The van der Waals surface area contributed by atoms with E-state index in [4.69, 9.17) is 5.11 Å². The molecular weight excluding hydrogens is 280 g/mol. The molecule has 17 heavy (non-hydrogen) atoms. The van der Waals surface area contributed by atoms with Crippen LogP contribution in [0, 0.1) is 0 Å². The maximum Gasteiger partial charge on any atom is 0.167 e. The van der Waals surface area contributed by atoms with Crippen molar-refractivity contribution in [3.63, 3.8) is 0 Å². The fourth-order valence-corrected chi connectivity index (χ4v) is 1.80. The molecule has 0 saturated carbocycles. The molecule has 86 valence electrons. The van der Waals surface area contributed by atoms with Gasteiger partial charge in [-0.05, 0) is 42.0 Å². The lowest BCUT2D eigenvalue weighted by molar-refractivity contribution is 0.0993. The summed E-state index contributed by atoms with van der Waals surface area (Å²) in [6.45, 7) is 0. The Morgan fingerprint density at radius 1 is 1.00 bits per heavy atom. The number of phenols is 1. The van der Waals surface area contributed by atoms with Gasteiger partial charge in [0, 0.05) is 16.5 Å². The van der Waals surface area contributed by atoms with Crippen molar-refractivity contribution in [2.24, 2.45) is 0 Å². The summed E-state index contributed by atoms with van der Waals surface area (Å²) in [4.78, 5) is 11.9. The van der Waals surface area contributed by atoms with Gasteiger partial charge in [0.2, 0.25) is 0 Å². The van der Waals surface area contributed by atoms with E-state index in [9.17, 15) is 4.79 Å². The van der Waals surface area contributed by atoms with Crippen molar-refractivity contribution < 1.29 is 9.90 Å². The first-order valence-corrected chi connectivity index (χ1v) is 6.01. The predicted octanol–water partition coefficient (Wildman–Crippen LogP) is 3.58. The first-order chi connectivity index (χ1) is 8.15. The molecule has 0 aliphatic heterocycles. The van der Waals surface area contributed by atoms with Gasteiger partial charge >= 0.3 is 0 Å². The number of rotatable bonds is 3. The van der Waals surface area contributed by atoms with Crippen LogP contribution in [0.5, 0.6) is 5.75 Å². The maximum atomic E-state index is 11.9. The molecule has 2 rings (SSSR count). The zero-order valence-corrected chi connectivity index (χ0v) is 10.6. The van der Waals surface area contributed by atoms with Crippen LogP contribution < -0.4 is 0 Å². The molecule has 2 nitrogen and oxygen atoms in total. The Balaban J connectivity index is 2.11. The molecule has 2 aromatic carbocycles. The van der Waals surface area contributed by atoms with Crippen molar-refractivity contribution in [1.29, 1.82) is 0 Å². The second kappa shape index (κ2) is 5.15. The number of halogens is 1. The molecule has 0 spiro atoms. The van der Waals surface area contributed by atoms with Crippen LogP contribution in [-0.4, -0.2) is 10.9 Å². The quantitative estimate of drug-likeness (QED) is 0.878. The van der Waals surface area contributed by atoms with Crippen molar-refractivity contribution in [2.75, 3.05) is 0 Å². The van der Waals surface area contributed by atoms with Crippen LogP contribution in [0.3, 0.4) is 0 Å². The second-order valence-electron chi connectivity index (χ2n) is 3.77. The third-order valence-corrected chi connectivity index (χ3v) is 3.00. The Morgan fingerprint density at radius 2 is 1.59 bits per heavy atom. The number of carbonyl (C=O) groups excluding carboxylic acids is 1. The lowest BCUT2D eigenvalue weighted by Gasteiger charge is -2.02. The topological polar surface area (TPSA) is 37.3 Å². The molecule has 0 aliphatic carbocycles. The minimum absolute atomic E-state index is 0.0484. The fourth-order valence-electron chi connectivity index (χ4n) is 1.54. The van der Waals surface area contributed by atoms with E-state index in [0.717, 1.165) is 10.0 Å². The number of Topliss-reactive ketones (excluding diaryl/α,β-unsaturated/α-hetero) is 1. The number of carbonyl (C=O) groups is 1. The van der Waals surface area contributed by atoms with Gasteiger partial charge < -0.3 is 5.11 Å². The maximum absolute atomic E-state index is 11.9.